The normalized spacial score (nSPS) is 31.1. The number of nitrogens with one attached hydrogen (secondary N) is 1. The summed E-state index contributed by atoms with van der Waals surface area (Å²) in [7, 11) is 0. The molecule has 0 spiro atoms. The Morgan fingerprint density at radius 2 is 2.14 bits per heavy atom. The Balaban J connectivity index is 1.89. The van der Waals surface area contributed by atoms with E-state index in [1.165, 1.54) is 12.8 Å². The van der Waals surface area contributed by atoms with E-state index < -0.39 is 0 Å². The fourth-order valence-electron chi connectivity index (χ4n) is 2.55. The van der Waals surface area contributed by atoms with Crippen LogP contribution in [0.5, 0.6) is 0 Å². The van der Waals surface area contributed by atoms with Crippen LogP contribution in [0.15, 0.2) is 0 Å². The first kappa shape index (κ1) is 10.4. The molecule has 3 nitrogen and oxygen atoms in total. The zero-order valence-corrected chi connectivity index (χ0v) is 9.05. The molecule has 0 radical (unpaired) electrons. The van der Waals surface area contributed by atoms with Gasteiger partial charge in [-0.3, -0.25) is 0 Å². The van der Waals surface area contributed by atoms with Crippen LogP contribution in [0.1, 0.15) is 39.0 Å². The first-order chi connectivity index (χ1) is 6.85. The van der Waals surface area contributed by atoms with E-state index in [4.69, 9.17) is 9.47 Å². The van der Waals surface area contributed by atoms with E-state index in [1.807, 2.05) is 0 Å². The minimum absolute atomic E-state index is 0.253. The number of rotatable bonds is 4. The second-order valence-corrected chi connectivity index (χ2v) is 4.36. The van der Waals surface area contributed by atoms with Gasteiger partial charge >= 0.3 is 0 Å². The number of hydrogen-bond donors (Lipinski definition) is 1. The van der Waals surface area contributed by atoms with Gasteiger partial charge in [-0.15, -0.1) is 0 Å². The monoisotopic (exact) mass is 199 g/mol. The molecule has 2 heterocycles. The molecule has 1 atom stereocenters. The summed E-state index contributed by atoms with van der Waals surface area (Å²) in [4.78, 5) is 0. The average molecular weight is 199 g/mol. The van der Waals surface area contributed by atoms with Crippen LogP contribution in [-0.4, -0.2) is 31.6 Å². The van der Waals surface area contributed by atoms with Gasteiger partial charge in [-0.1, -0.05) is 13.3 Å². The molecule has 3 heteroatoms. The lowest BCUT2D eigenvalue weighted by Crippen LogP contribution is -2.38. The molecule has 0 aromatic rings. The zero-order chi connectivity index (χ0) is 9.86. The van der Waals surface area contributed by atoms with E-state index in [1.54, 1.807) is 0 Å². The molecule has 14 heavy (non-hydrogen) atoms. The van der Waals surface area contributed by atoms with Crippen molar-refractivity contribution >= 4 is 0 Å². The van der Waals surface area contributed by atoms with Crippen molar-refractivity contribution in [3.8, 4) is 0 Å². The molecule has 0 aromatic heterocycles. The summed E-state index contributed by atoms with van der Waals surface area (Å²) in [5, 5.41) is 3.51. The maximum Gasteiger partial charge on any atom is 0.169 e. The second kappa shape index (κ2) is 4.60. The maximum absolute atomic E-state index is 5.78. The highest BCUT2D eigenvalue weighted by molar-refractivity contribution is 4.84. The van der Waals surface area contributed by atoms with E-state index in [0.29, 0.717) is 6.04 Å². The van der Waals surface area contributed by atoms with Crippen molar-refractivity contribution in [1.29, 1.82) is 0 Å². The molecule has 1 N–H and O–H groups in total. The van der Waals surface area contributed by atoms with Gasteiger partial charge < -0.3 is 14.8 Å². The van der Waals surface area contributed by atoms with Crippen molar-refractivity contribution in [2.45, 2.75) is 50.9 Å². The Morgan fingerprint density at radius 1 is 1.36 bits per heavy atom. The summed E-state index contributed by atoms with van der Waals surface area (Å²) in [6, 6.07) is 0.611. The fourth-order valence-corrected chi connectivity index (χ4v) is 2.55. The molecule has 2 aliphatic rings. The molecule has 1 unspecified atom stereocenters. The molecular formula is C11H21NO2. The van der Waals surface area contributed by atoms with Crippen molar-refractivity contribution in [3.63, 3.8) is 0 Å². The molecule has 82 valence electrons. The first-order valence-corrected chi connectivity index (χ1v) is 5.86. The summed E-state index contributed by atoms with van der Waals surface area (Å²) >= 11 is 0. The minimum Gasteiger partial charge on any atom is -0.347 e. The van der Waals surface area contributed by atoms with Gasteiger partial charge in [-0.25, -0.2) is 0 Å². The molecule has 0 aromatic carbocycles. The van der Waals surface area contributed by atoms with E-state index >= 15 is 0 Å². The first-order valence-electron chi connectivity index (χ1n) is 5.86. The van der Waals surface area contributed by atoms with Crippen molar-refractivity contribution in [2.75, 3.05) is 19.8 Å². The Kier molecular flexibility index (Phi) is 3.42. The van der Waals surface area contributed by atoms with Gasteiger partial charge in [0.25, 0.3) is 0 Å². The minimum atomic E-state index is -0.253. The lowest BCUT2D eigenvalue weighted by Gasteiger charge is -2.29. The van der Waals surface area contributed by atoms with Crippen LogP contribution in [-0.2, 0) is 9.47 Å². The van der Waals surface area contributed by atoms with Crippen molar-refractivity contribution in [3.05, 3.63) is 0 Å². The highest BCUT2D eigenvalue weighted by atomic mass is 16.7. The molecule has 2 rings (SSSR count). The van der Waals surface area contributed by atoms with Crippen LogP contribution in [0.2, 0.25) is 0 Å². The number of ether oxygens (including phenoxy) is 2. The third-order valence-corrected chi connectivity index (χ3v) is 3.16. The Bertz CT molecular complexity index is 172. The molecule has 0 bridgehead atoms. The quantitative estimate of drug-likeness (QED) is 0.747. The van der Waals surface area contributed by atoms with Gasteiger partial charge in [0.15, 0.2) is 5.79 Å². The van der Waals surface area contributed by atoms with Gasteiger partial charge in [0, 0.05) is 18.9 Å². The molecule has 0 aliphatic carbocycles. The van der Waals surface area contributed by atoms with Gasteiger partial charge in [0.2, 0.25) is 0 Å². The SMILES string of the molecule is CCCC1(CC2CCCN2)OCCO1. The lowest BCUT2D eigenvalue weighted by atomic mass is 10.0. The second-order valence-electron chi connectivity index (χ2n) is 4.36. The van der Waals surface area contributed by atoms with E-state index in [9.17, 15) is 0 Å². The predicted molar refractivity (Wildman–Crippen MR) is 55.2 cm³/mol. The third kappa shape index (κ3) is 2.27. The summed E-state index contributed by atoms with van der Waals surface area (Å²) in [5.41, 5.74) is 0. The van der Waals surface area contributed by atoms with Gasteiger partial charge in [-0.2, -0.15) is 0 Å². The van der Waals surface area contributed by atoms with Crippen LogP contribution in [0, 0.1) is 0 Å². The average Bonchev–Trinajstić information content (AvgIpc) is 2.78. The van der Waals surface area contributed by atoms with E-state index in [2.05, 4.69) is 12.2 Å². The van der Waals surface area contributed by atoms with Gasteiger partial charge in [0.05, 0.1) is 13.2 Å². The van der Waals surface area contributed by atoms with Crippen LogP contribution < -0.4 is 5.32 Å². The summed E-state index contributed by atoms with van der Waals surface area (Å²) in [6.45, 7) is 4.89. The largest absolute Gasteiger partial charge is 0.347 e. The highest BCUT2D eigenvalue weighted by Gasteiger charge is 2.38. The fraction of sp³-hybridized carbons (Fsp3) is 1.00. The highest BCUT2D eigenvalue weighted by Crippen LogP contribution is 2.31. The van der Waals surface area contributed by atoms with Gasteiger partial charge in [-0.05, 0) is 19.4 Å². The predicted octanol–water partition coefficient (Wildman–Crippen LogP) is 1.67. The molecule has 0 amide bonds. The Hall–Kier alpha value is -0.120. The molecular weight excluding hydrogens is 178 g/mol. The molecule has 2 saturated heterocycles. The summed E-state index contributed by atoms with van der Waals surface area (Å²) in [6.07, 6.45) is 5.77. The van der Waals surface area contributed by atoms with E-state index in [0.717, 1.165) is 39.0 Å². The summed E-state index contributed by atoms with van der Waals surface area (Å²) in [5.74, 6) is -0.253. The topological polar surface area (TPSA) is 30.5 Å². The third-order valence-electron chi connectivity index (χ3n) is 3.16. The van der Waals surface area contributed by atoms with Crippen LogP contribution >= 0.6 is 0 Å². The lowest BCUT2D eigenvalue weighted by molar-refractivity contribution is -0.170. The zero-order valence-electron chi connectivity index (χ0n) is 9.05. The van der Waals surface area contributed by atoms with Gasteiger partial charge in [0.1, 0.15) is 0 Å². The van der Waals surface area contributed by atoms with Crippen LogP contribution in [0.4, 0.5) is 0 Å². The van der Waals surface area contributed by atoms with Crippen LogP contribution in [0.3, 0.4) is 0 Å². The standard InChI is InChI=1S/C11H21NO2/c1-2-5-11(13-7-8-14-11)9-10-4-3-6-12-10/h10,12H,2-9H2,1H3. The van der Waals surface area contributed by atoms with Crippen molar-refractivity contribution < 1.29 is 9.47 Å². The smallest absolute Gasteiger partial charge is 0.169 e. The van der Waals surface area contributed by atoms with Crippen molar-refractivity contribution in [2.24, 2.45) is 0 Å². The molecule has 2 fully saturated rings. The van der Waals surface area contributed by atoms with Crippen molar-refractivity contribution in [1.82, 2.24) is 5.32 Å². The molecule has 2 aliphatic heterocycles. The number of hydrogen-bond acceptors (Lipinski definition) is 3. The Labute approximate surface area is 86.2 Å². The van der Waals surface area contributed by atoms with E-state index in [-0.39, 0.29) is 5.79 Å². The molecule has 0 saturated carbocycles. The van der Waals surface area contributed by atoms with Crippen LogP contribution in [0.25, 0.3) is 0 Å². The maximum atomic E-state index is 5.78. The Morgan fingerprint density at radius 3 is 2.71 bits per heavy atom. The summed E-state index contributed by atoms with van der Waals surface area (Å²) < 4.78 is 11.6.